The number of rotatable bonds is 5. The van der Waals surface area contributed by atoms with Crippen molar-refractivity contribution < 1.29 is 8.42 Å². The molecule has 4 aliphatic rings. The van der Waals surface area contributed by atoms with Crippen molar-refractivity contribution in [2.75, 3.05) is 31.1 Å². The van der Waals surface area contributed by atoms with Gasteiger partial charge in [-0.15, -0.1) is 0 Å². The van der Waals surface area contributed by atoms with E-state index >= 15 is 0 Å². The number of sulfone groups is 1. The first kappa shape index (κ1) is 18.5. The maximum absolute atomic E-state index is 11.7. The lowest BCUT2D eigenvalue weighted by atomic mass is 10.1. The van der Waals surface area contributed by atoms with Gasteiger partial charge in [0.1, 0.15) is 0 Å². The van der Waals surface area contributed by atoms with Gasteiger partial charge in [0.2, 0.25) is 0 Å². The van der Waals surface area contributed by atoms with E-state index in [4.69, 9.17) is 4.99 Å². The standard InChI is InChI=1S/C19H34N4O2S/c1-14-11-23(17-6-7-17)12-18(14)22-19(21-16-4-2-3-5-16)20-10-15-8-9-26(24,25)13-15/h14-18H,2-13H2,1H3,(H2,20,21,22). The second-order valence-electron chi connectivity index (χ2n) is 9.00. The van der Waals surface area contributed by atoms with Crippen molar-refractivity contribution in [3.8, 4) is 0 Å². The Morgan fingerprint density at radius 2 is 1.85 bits per heavy atom. The molecule has 0 aromatic rings. The van der Waals surface area contributed by atoms with Crippen LogP contribution in [0.1, 0.15) is 51.9 Å². The molecular weight excluding hydrogens is 348 g/mol. The minimum Gasteiger partial charge on any atom is -0.354 e. The molecular formula is C19H34N4O2S. The van der Waals surface area contributed by atoms with Gasteiger partial charge in [-0.1, -0.05) is 19.8 Å². The van der Waals surface area contributed by atoms with E-state index in [9.17, 15) is 8.42 Å². The van der Waals surface area contributed by atoms with E-state index in [1.807, 2.05) is 0 Å². The van der Waals surface area contributed by atoms with Crippen LogP contribution in [0.4, 0.5) is 0 Å². The lowest BCUT2D eigenvalue weighted by Crippen LogP contribution is -2.49. The van der Waals surface area contributed by atoms with Gasteiger partial charge in [-0.25, -0.2) is 8.42 Å². The highest BCUT2D eigenvalue weighted by Crippen LogP contribution is 2.31. The van der Waals surface area contributed by atoms with Crippen molar-refractivity contribution in [2.45, 2.75) is 70.0 Å². The second kappa shape index (κ2) is 7.66. The predicted octanol–water partition coefficient (Wildman–Crippen LogP) is 1.38. The van der Waals surface area contributed by atoms with Crippen LogP contribution in [-0.2, 0) is 9.84 Å². The van der Waals surface area contributed by atoms with Crippen LogP contribution in [-0.4, -0.2) is 68.5 Å². The summed E-state index contributed by atoms with van der Waals surface area (Å²) in [6, 6.07) is 1.77. The average molecular weight is 383 g/mol. The molecule has 4 fully saturated rings. The number of nitrogens with one attached hydrogen (secondary N) is 2. The van der Waals surface area contributed by atoms with Gasteiger partial charge < -0.3 is 10.6 Å². The summed E-state index contributed by atoms with van der Waals surface area (Å²) in [5, 5.41) is 7.34. The SMILES string of the molecule is CC1CN(C2CC2)CC1NC(=NCC1CCS(=O)(=O)C1)NC1CCCC1. The van der Waals surface area contributed by atoms with Crippen LogP contribution in [0.15, 0.2) is 4.99 Å². The quantitative estimate of drug-likeness (QED) is 0.555. The van der Waals surface area contributed by atoms with Crippen LogP contribution in [0.5, 0.6) is 0 Å². The fourth-order valence-electron chi connectivity index (χ4n) is 4.74. The average Bonchev–Trinajstić information content (AvgIpc) is 3.03. The zero-order valence-electron chi connectivity index (χ0n) is 16.0. The van der Waals surface area contributed by atoms with Gasteiger partial charge in [-0.05, 0) is 43.9 Å². The van der Waals surface area contributed by atoms with Crippen LogP contribution < -0.4 is 10.6 Å². The Kier molecular flexibility index (Phi) is 5.46. The van der Waals surface area contributed by atoms with E-state index in [1.165, 1.54) is 45.1 Å². The third-order valence-corrected chi connectivity index (χ3v) is 8.39. The molecule has 0 aromatic carbocycles. The molecule has 3 atom stereocenters. The molecule has 2 saturated carbocycles. The van der Waals surface area contributed by atoms with E-state index in [0.29, 0.717) is 36.1 Å². The molecule has 2 N–H and O–H groups in total. The summed E-state index contributed by atoms with van der Waals surface area (Å²) in [6.07, 6.45) is 8.49. The molecule has 0 amide bonds. The Morgan fingerprint density at radius 3 is 2.50 bits per heavy atom. The normalized spacial score (nSPS) is 35.9. The highest BCUT2D eigenvalue weighted by Gasteiger charge is 2.38. The molecule has 2 saturated heterocycles. The van der Waals surface area contributed by atoms with E-state index in [0.717, 1.165) is 25.0 Å². The lowest BCUT2D eigenvalue weighted by Gasteiger charge is -2.23. The maximum atomic E-state index is 11.7. The fourth-order valence-corrected chi connectivity index (χ4v) is 6.59. The summed E-state index contributed by atoms with van der Waals surface area (Å²) in [5.41, 5.74) is 0. The van der Waals surface area contributed by atoms with Gasteiger partial charge in [0.15, 0.2) is 15.8 Å². The minimum absolute atomic E-state index is 0.186. The summed E-state index contributed by atoms with van der Waals surface area (Å²) in [4.78, 5) is 7.45. The van der Waals surface area contributed by atoms with Crippen molar-refractivity contribution in [3.63, 3.8) is 0 Å². The molecule has 0 radical (unpaired) electrons. The molecule has 26 heavy (non-hydrogen) atoms. The smallest absolute Gasteiger partial charge is 0.191 e. The van der Waals surface area contributed by atoms with E-state index in [-0.39, 0.29) is 5.92 Å². The number of guanidine groups is 1. The first-order valence-electron chi connectivity index (χ1n) is 10.5. The maximum Gasteiger partial charge on any atom is 0.191 e. The number of hydrogen-bond acceptors (Lipinski definition) is 4. The van der Waals surface area contributed by atoms with Crippen molar-refractivity contribution in [1.29, 1.82) is 0 Å². The van der Waals surface area contributed by atoms with Gasteiger partial charge >= 0.3 is 0 Å². The monoisotopic (exact) mass is 382 g/mol. The summed E-state index contributed by atoms with van der Waals surface area (Å²) in [6.45, 7) is 5.24. The highest BCUT2D eigenvalue weighted by molar-refractivity contribution is 7.91. The van der Waals surface area contributed by atoms with E-state index < -0.39 is 9.84 Å². The van der Waals surface area contributed by atoms with Crippen LogP contribution in [0, 0.1) is 11.8 Å². The molecule has 2 heterocycles. The molecule has 4 rings (SSSR count). The molecule has 2 aliphatic heterocycles. The Bertz CT molecular complexity index is 625. The molecule has 0 spiro atoms. The zero-order valence-corrected chi connectivity index (χ0v) is 16.8. The molecule has 6 nitrogen and oxygen atoms in total. The number of hydrogen-bond donors (Lipinski definition) is 2. The van der Waals surface area contributed by atoms with Crippen LogP contribution in [0.25, 0.3) is 0 Å². The topological polar surface area (TPSA) is 73.8 Å². The van der Waals surface area contributed by atoms with Gasteiger partial charge in [-0.3, -0.25) is 9.89 Å². The van der Waals surface area contributed by atoms with Crippen molar-refractivity contribution in [1.82, 2.24) is 15.5 Å². The molecule has 0 bridgehead atoms. The largest absolute Gasteiger partial charge is 0.354 e. The third kappa shape index (κ3) is 4.71. The molecule has 3 unspecified atom stereocenters. The van der Waals surface area contributed by atoms with Crippen LogP contribution >= 0.6 is 0 Å². The van der Waals surface area contributed by atoms with E-state index in [1.54, 1.807) is 0 Å². The Balaban J connectivity index is 1.37. The zero-order chi connectivity index (χ0) is 18.1. The Labute approximate surface area is 158 Å². The van der Waals surface area contributed by atoms with E-state index in [2.05, 4.69) is 22.5 Å². The predicted molar refractivity (Wildman–Crippen MR) is 105 cm³/mol. The van der Waals surface area contributed by atoms with Crippen molar-refractivity contribution in [3.05, 3.63) is 0 Å². The molecule has 2 aliphatic carbocycles. The fraction of sp³-hybridized carbons (Fsp3) is 0.947. The van der Waals surface area contributed by atoms with Crippen LogP contribution in [0.3, 0.4) is 0 Å². The van der Waals surface area contributed by atoms with Crippen molar-refractivity contribution in [2.24, 2.45) is 16.8 Å². The third-order valence-electron chi connectivity index (χ3n) is 6.56. The summed E-state index contributed by atoms with van der Waals surface area (Å²) in [5.74, 6) is 2.37. The van der Waals surface area contributed by atoms with Gasteiger partial charge in [0.25, 0.3) is 0 Å². The van der Waals surface area contributed by atoms with Crippen LogP contribution in [0.2, 0.25) is 0 Å². The number of nitrogens with zero attached hydrogens (tertiary/aromatic N) is 2. The number of likely N-dealkylation sites (tertiary alicyclic amines) is 1. The second-order valence-corrected chi connectivity index (χ2v) is 11.2. The Hall–Kier alpha value is -0.820. The summed E-state index contributed by atoms with van der Waals surface area (Å²) >= 11 is 0. The Morgan fingerprint density at radius 1 is 1.08 bits per heavy atom. The molecule has 7 heteroatoms. The van der Waals surface area contributed by atoms with Crippen molar-refractivity contribution >= 4 is 15.8 Å². The summed E-state index contributed by atoms with van der Waals surface area (Å²) < 4.78 is 23.4. The lowest BCUT2D eigenvalue weighted by molar-refractivity contribution is 0.315. The first-order valence-corrected chi connectivity index (χ1v) is 12.3. The summed E-state index contributed by atoms with van der Waals surface area (Å²) in [7, 11) is -2.82. The molecule has 148 valence electrons. The van der Waals surface area contributed by atoms with Gasteiger partial charge in [0, 0.05) is 37.8 Å². The highest BCUT2D eigenvalue weighted by atomic mass is 32.2. The number of aliphatic imine (C=N–C) groups is 1. The minimum atomic E-state index is -2.82. The van der Waals surface area contributed by atoms with Gasteiger partial charge in [-0.2, -0.15) is 0 Å². The van der Waals surface area contributed by atoms with Gasteiger partial charge in [0.05, 0.1) is 11.5 Å². The first-order chi connectivity index (χ1) is 12.5. The molecule has 0 aromatic heterocycles.